The van der Waals surface area contributed by atoms with Crippen LogP contribution in [0.25, 0.3) is 0 Å². The quantitative estimate of drug-likeness (QED) is 0.307. The minimum Gasteiger partial charge on any atom is -0.378 e. The second-order valence-electron chi connectivity index (χ2n) is 12.7. The number of hydrogen-bond donors (Lipinski definition) is 0. The molecule has 2 heterocycles. The van der Waals surface area contributed by atoms with E-state index >= 15 is 0 Å². The maximum absolute atomic E-state index is 2.83. The molecule has 2 aliphatic heterocycles. The molecule has 2 fully saturated rings. The van der Waals surface area contributed by atoms with Gasteiger partial charge in [0, 0.05) is 82.6 Å². The van der Waals surface area contributed by atoms with Gasteiger partial charge in [-0.2, -0.15) is 0 Å². The summed E-state index contributed by atoms with van der Waals surface area (Å²) in [7, 11) is 4.23. The van der Waals surface area contributed by atoms with E-state index in [2.05, 4.69) is 86.2 Å². The van der Waals surface area contributed by atoms with Crippen LogP contribution in [-0.2, 0) is 13.0 Å². The average Bonchev–Trinajstić information content (AvgIpc) is 2.97. The molecule has 0 amide bonds. The van der Waals surface area contributed by atoms with Gasteiger partial charge in [-0.1, -0.05) is 43.0 Å². The first-order valence-corrected chi connectivity index (χ1v) is 17.7. The van der Waals surface area contributed by atoms with Crippen LogP contribution in [0, 0.1) is 12.8 Å². The van der Waals surface area contributed by atoms with Gasteiger partial charge in [-0.05, 0) is 112 Å². The summed E-state index contributed by atoms with van der Waals surface area (Å²) in [6.07, 6.45) is 12.1. The van der Waals surface area contributed by atoms with Crippen molar-refractivity contribution in [2.45, 2.75) is 76.2 Å². The highest BCUT2D eigenvalue weighted by Crippen LogP contribution is 2.30. The molecule has 7 heteroatoms. The van der Waals surface area contributed by atoms with Crippen molar-refractivity contribution in [2.24, 2.45) is 5.92 Å². The van der Waals surface area contributed by atoms with Gasteiger partial charge in [0.05, 0.1) is 0 Å². The minimum atomic E-state index is 0.917. The van der Waals surface area contributed by atoms with Gasteiger partial charge in [-0.25, -0.2) is 12.9 Å². The van der Waals surface area contributed by atoms with Crippen molar-refractivity contribution < 1.29 is 0 Å². The lowest BCUT2D eigenvalue weighted by Gasteiger charge is -2.34. The van der Waals surface area contributed by atoms with Crippen molar-refractivity contribution >= 4 is 29.8 Å². The second-order valence-corrected chi connectivity index (χ2v) is 15.0. The van der Waals surface area contributed by atoms with Crippen LogP contribution >= 0.6 is 24.1 Å². The summed E-state index contributed by atoms with van der Waals surface area (Å²) in [6.45, 7) is 12.9. The van der Waals surface area contributed by atoms with Crippen LogP contribution < -0.4 is 4.90 Å². The Morgan fingerprint density at radius 1 is 0.707 bits per heavy atom. The lowest BCUT2D eigenvalue weighted by atomic mass is 9.89. The molecule has 1 saturated heterocycles. The second kappa shape index (κ2) is 16.0. The first kappa shape index (κ1) is 31.2. The molecule has 2 aromatic carbocycles. The zero-order valence-electron chi connectivity index (χ0n) is 25.9. The number of nitrogens with zero attached hydrogens (tertiary/aromatic N) is 5. The summed E-state index contributed by atoms with van der Waals surface area (Å²) in [5, 5.41) is 0. The molecule has 2 aromatic rings. The van der Waals surface area contributed by atoms with Crippen LogP contribution in [0.15, 0.2) is 47.4 Å². The van der Waals surface area contributed by atoms with E-state index in [9.17, 15) is 0 Å². The van der Waals surface area contributed by atoms with Crippen molar-refractivity contribution in [3.05, 3.63) is 59.2 Å². The zero-order chi connectivity index (χ0) is 28.4. The van der Waals surface area contributed by atoms with Gasteiger partial charge in [-0.15, -0.1) is 0 Å². The molecule has 0 bridgehead atoms. The maximum Gasteiger partial charge on any atom is 0.0361 e. The van der Waals surface area contributed by atoms with E-state index < -0.39 is 0 Å². The largest absolute Gasteiger partial charge is 0.378 e. The summed E-state index contributed by atoms with van der Waals surface area (Å²) in [4.78, 5) is 6.37. The standard InChI is InChI=1S/C34H53N5S2/c1-29-12-13-32-28-39(25-18-31(32)26-29)41-38-23-8-20-36(27-30-10-5-4-6-11-30)19-7-21-37(22-9-24-38)40-34-16-14-33(15-17-34)35(2)3/h12-17,26,30H,4-11,18-25,27-28H2,1-3H3. The van der Waals surface area contributed by atoms with Crippen molar-refractivity contribution in [1.29, 1.82) is 0 Å². The highest BCUT2D eigenvalue weighted by molar-refractivity contribution is 7.97. The number of benzene rings is 2. The lowest BCUT2D eigenvalue weighted by molar-refractivity contribution is 0.187. The third-order valence-corrected chi connectivity index (χ3v) is 11.2. The molecule has 3 aliphatic rings. The molecule has 226 valence electrons. The van der Waals surface area contributed by atoms with E-state index in [0.717, 1.165) is 38.6 Å². The van der Waals surface area contributed by atoms with Gasteiger partial charge >= 0.3 is 0 Å². The van der Waals surface area contributed by atoms with E-state index in [1.165, 1.54) is 106 Å². The summed E-state index contributed by atoms with van der Waals surface area (Å²) >= 11 is 3.99. The first-order chi connectivity index (χ1) is 20.0. The van der Waals surface area contributed by atoms with Crippen LogP contribution in [0.2, 0.25) is 0 Å². The predicted molar refractivity (Wildman–Crippen MR) is 180 cm³/mol. The van der Waals surface area contributed by atoms with Gasteiger partial charge in [0.2, 0.25) is 0 Å². The Morgan fingerprint density at radius 3 is 2.10 bits per heavy atom. The third kappa shape index (κ3) is 9.90. The Balaban J connectivity index is 1.22. The molecule has 0 unspecified atom stereocenters. The van der Waals surface area contributed by atoms with Gasteiger partial charge in [0.1, 0.15) is 0 Å². The van der Waals surface area contributed by atoms with E-state index in [4.69, 9.17) is 0 Å². The van der Waals surface area contributed by atoms with Gasteiger partial charge in [-0.3, -0.25) is 0 Å². The van der Waals surface area contributed by atoms with Crippen LogP contribution in [0.5, 0.6) is 0 Å². The topological polar surface area (TPSA) is 16.2 Å². The highest BCUT2D eigenvalue weighted by atomic mass is 32.2. The monoisotopic (exact) mass is 595 g/mol. The summed E-state index contributed by atoms with van der Waals surface area (Å²) in [5.41, 5.74) is 5.73. The molecule has 5 nitrogen and oxygen atoms in total. The molecular weight excluding hydrogens is 543 g/mol. The third-order valence-electron chi connectivity index (χ3n) is 8.98. The van der Waals surface area contributed by atoms with Crippen LogP contribution in [0.3, 0.4) is 0 Å². The van der Waals surface area contributed by atoms with Crippen molar-refractivity contribution in [2.75, 3.05) is 71.4 Å². The molecule has 5 rings (SSSR count). The normalized spacial score (nSPS) is 21.6. The van der Waals surface area contributed by atoms with Gasteiger partial charge in [0.15, 0.2) is 0 Å². The molecule has 0 aromatic heterocycles. The maximum atomic E-state index is 2.83. The smallest absolute Gasteiger partial charge is 0.0361 e. The first-order valence-electron chi connectivity index (χ1n) is 16.2. The van der Waals surface area contributed by atoms with Crippen LogP contribution in [0.4, 0.5) is 5.69 Å². The van der Waals surface area contributed by atoms with E-state index in [1.807, 2.05) is 24.1 Å². The summed E-state index contributed by atoms with van der Waals surface area (Å²) < 4.78 is 7.95. The Kier molecular flexibility index (Phi) is 12.2. The highest BCUT2D eigenvalue weighted by Gasteiger charge is 2.22. The molecule has 0 spiro atoms. The SMILES string of the molecule is Cc1ccc2c(c1)CCN(SN1CCCN(CC3CCCCC3)CCCN(Sc3ccc(N(C)C)cc3)CCC1)C2. The van der Waals surface area contributed by atoms with Crippen molar-refractivity contribution in [3.63, 3.8) is 0 Å². The van der Waals surface area contributed by atoms with Crippen molar-refractivity contribution in [3.8, 4) is 0 Å². The Hall–Kier alpha value is -1.22. The molecule has 1 aliphatic carbocycles. The van der Waals surface area contributed by atoms with E-state index in [1.54, 1.807) is 5.56 Å². The fraction of sp³-hybridized carbons (Fsp3) is 0.647. The van der Waals surface area contributed by atoms with E-state index in [-0.39, 0.29) is 0 Å². The molecule has 0 radical (unpaired) electrons. The Morgan fingerprint density at radius 2 is 1.39 bits per heavy atom. The van der Waals surface area contributed by atoms with Gasteiger partial charge in [0.25, 0.3) is 0 Å². The Bertz CT molecular complexity index is 1060. The molecular formula is C34H53N5S2. The van der Waals surface area contributed by atoms with Crippen LogP contribution in [0.1, 0.15) is 68.1 Å². The average molecular weight is 596 g/mol. The number of aryl methyl sites for hydroxylation is 1. The lowest BCUT2D eigenvalue weighted by Crippen LogP contribution is -2.37. The number of rotatable bonds is 7. The molecule has 0 N–H and O–H groups in total. The van der Waals surface area contributed by atoms with E-state index in [0.29, 0.717) is 0 Å². The minimum absolute atomic E-state index is 0.917. The molecule has 0 atom stereocenters. The molecule has 41 heavy (non-hydrogen) atoms. The number of anilines is 1. The van der Waals surface area contributed by atoms with Gasteiger partial charge < -0.3 is 9.80 Å². The fourth-order valence-electron chi connectivity index (χ4n) is 6.63. The van der Waals surface area contributed by atoms with Crippen molar-refractivity contribution in [1.82, 2.24) is 17.8 Å². The summed E-state index contributed by atoms with van der Waals surface area (Å²) in [6, 6.07) is 16.1. The van der Waals surface area contributed by atoms with Crippen LogP contribution in [-0.4, -0.2) is 84.3 Å². The number of fused-ring (bicyclic) bond motifs is 1. The number of hydrogen-bond acceptors (Lipinski definition) is 7. The Labute approximate surface area is 259 Å². The summed E-state index contributed by atoms with van der Waals surface area (Å²) in [5.74, 6) is 0.917. The predicted octanol–water partition coefficient (Wildman–Crippen LogP) is 7.36. The zero-order valence-corrected chi connectivity index (χ0v) is 27.5. The molecule has 1 saturated carbocycles. The fourth-order valence-corrected chi connectivity index (χ4v) is 8.75.